The number of halogens is 1. The molecule has 80 valence electrons. The summed E-state index contributed by atoms with van der Waals surface area (Å²) in [4.78, 5) is 0. The fraction of sp³-hybridized carbons (Fsp3) is 0. The average molecular weight is 274 g/mol. The summed E-state index contributed by atoms with van der Waals surface area (Å²) in [5.41, 5.74) is 2.25. The van der Waals surface area contributed by atoms with Gasteiger partial charge < -0.3 is 5.32 Å². The highest BCUT2D eigenvalue weighted by Crippen LogP contribution is 2.17. The molecule has 0 amide bonds. The van der Waals surface area contributed by atoms with Gasteiger partial charge in [-0.2, -0.15) is 0 Å². The molecule has 2 heteroatoms. The van der Waals surface area contributed by atoms with E-state index in [9.17, 15) is 0 Å². The van der Waals surface area contributed by atoms with Crippen molar-refractivity contribution in [2.45, 2.75) is 0 Å². The van der Waals surface area contributed by atoms with Crippen LogP contribution < -0.4 is 5.32 Å². The van der Waals surface area contributed by atoms with E-state index >= 15 is 0 Å². The smallest absolute Gasteiger partial charge is 0.0379 e. The number of para-hydroxylation sites is 1. The highest BCUT2D eigenvalue weighted by Gasteiger charge is 1.91. The molecule has 0 bridgehead atoms. The summed E-state index contributed by atoms with van der Waals surface area (Å²) in [6, 6.07) is 18.2. The topological polar surface area (TPSA) is 12.0 Å². The Morgan fingerprint density at radius 2 is 1.56 bits per heavy atom. The Kier molecular flexibility index (Phi) is 3.78. The molecule has 1 N–H and O–H groups in total. The van der Waals surface area contributed by atoms with Crippen LogP contribution >= 0.6 is 15.9 Å². The molecule has 0 aliphatic carbocycles. The van der Waals surface area contributed by atoms with Crippen LogP contribution in [0.4, 0.5) is 5.69 Å². The summed E-state index contributed by atoms with van der Waals surface area (Å²) in [6.45, 7) is 0. The van der Waals surface area contributed by atoms with Crippen LogP contribution in [0.2, 0.25) is 0 Å². The molecule has 2 rings (SSSR count). The molecule has 0 radical (unpaired) electrons. The quantitative estimate of drug-likeness (QED) is 0.866. The average Bonchev–Trinajstić information content (AvgIpc) is 2.33. The third-order valence-electron chi connectivity index (χ3n) is 2.19. The molecule has 0 unspecified atom stereocenters. The Bertz CT molecular complexity index is 477. The Hall–Kier alpha value is -1.54. The molecule has 2 aromatic carbocycles. The largest absolute Gasteiger partial charge is 0.362 e. The Morgan fingerprint density at radius 3 is 2.31 bits per heavy atom. The third-order valence-corrected chi connectivity index (χ3v) is 2.91. The first kappa shape index (κ1) is 11.0. The first-order chi connectivity index (χ1) is 7.86. The lowest BCUT2D eigenvalue weighted by Crippen LogP contribution is -1.85. The SMILES string of the molecule is Brc1ccccc1C=CNc1ccccc1. The van der Waals surface area contributed by atoms with Gasteiger partial charge >= 0.3 is 0 Å². The number of anilines is 1. The van der Waals surface area contributed by atoms with Gasteiger partial charge in [0.05, 0.1) is 0 Å². The third kappa shape index (κ3) is 2.97. The van der Waals surface area contributed by atoms with Gasteiger partial charge in [-0.05, 0) is 29.8 Å². The fourth-order valence-electron chi connectivity index (χ4n) is 1.37. The first-order valence-corrected chi connectivity index (χ1v) is 5.88. The minimum atomic E-state index is 1.09. The minimum Gasteiger partial charge on any atom is -0.362 e. The summed E-state index contributed by atoms with van der Waals surface area (Å²) >= 11 is 3.50. The van der Waals surface area contributed by atoms with E-state index in [1.165, 1.54) is 0 Å². The van der Waals surface area contributed by atoms with Crippen LogP contribution in [-0.2, 0) is 0 Å². The monoisotopic (exact) mass is 273 g/mol. The van der Waals surface area contributed by atoms with Gasteiger partial charge in [-0.25, -0.2) is 0 Å². The molecule has 0 spiro atoms. The molecule has 16 heavy (non-hydrogen) atoms. The minimum absolute atomic E-state index is 1.09. The first-order valence-electron chi connectivity index (χ1n) is 5.09. The van der Waals surface area contributed by atoms with Crippen molar-refractivity contribution >= 4 is 27.7 Å². The second-order valence-corrected chi connectivity index (χ2v) is 4.22. The normalized spacial score (nSPS) is 10.6. The zero-order chi connectivity index (χ0) is 11.2. The van der Waals surface area contributed by atoms with Crippen molar-refractivity contribution in [3.63, 3.8) is 0 Å². The van der Waals surface area contributed by atoms with Gasteiger partial charge in [0, 0.05) is 16.4 Å². The number of hydrogen-bond donors (Lipinski definition) is 1. The lowest BCUT2D eigenvalue weighted by molar-refractivity contribution is 1.57. The maximum Gasteiger partial charge on any atom is 0.0379 e. The van der Waals surface area contributed by atoms with Crippen LogP contribution in [0.5, 0.6) is 0 Å². The van der Waals surface area contributed by atoms with Crippen molar-refractivity contribution in [1.29, 1.82) is 0 Å². The molecule has 2 aromatic rings. The van der Waals surface area contributed by atoms with Gasteiger partial charge in [-0.1, -0.05) is 52.3 Å². The summed E-state index contributed by atoms with van der Waals surface area (Å²) in [5.74, 6) is 0. The molecular formula is C14H12BrN. The Labute approximate surface area is 104 Å². The van der Waals surface area contributed by atoms with Crippen molar-refractivity contribution in [2.24, 2.45) is 0 Å². The van der Waals surface area contributed by atoms with Crippen LogP contribution in [0.1, 0.15) is 5.56 Å². The van der Waals surface area contributed by atoms with E-state index in [1.54, 1.807) is 0 Å². The second kappa shape index (κ2) is 5.52. The van der Waals surface area contributed by atoms with Gasteiger partial charge in [0.25, 0.3) is 0 Å². The van der Waals surface area contributed by atoms with Gasteiger partial charge in [-0.15, -0.1) is 0 Å². The van der Waals surface area contributed by atoms with Crippen molar-refractivity contribution < 1.29 is 0 Å². The van der Waals surface area contributed by atoms with Gasteiger partial charge in [0.15, 0.2) is 0 Å². The van der Waals surface area contributed by atoms with Crippen molar-refractivity contribution in [2.75, 3.05) is 5.32 Å². The Balaban J connectivity index is 2.03. The van der Waals surface area contributed by atoms with Crippen molar-refractivity contribution in [3.05, 3.63) is 70.8 Å². The molecular weight excluding hydrogens is 262 g/mol. The highest BCUT2D eigenvalue weighted by molar-refractivity contribution is 9.10. The molecule has 1 nitrogen and oxygen atoms in total. The van der Waals surface area contributed by atoms with Gasteiger partial charge in [0.2, 0.25) is 0 Å². The van der Waals surface area contributed by atoms with Crippen molar-refractivity contribution in [1.82, 2.24) is 0 Å². The van der Waals surface area contributed by atoms with Gasteiger partial charge in [0.1, 0.15) is 0 Å². The van der Waals surface area contributed by atoms with E-state index in [0.29, 0.717) is 0 Å². The maximum atomic E-state index is 3.50. The standard InChI is InChI=1S/C14H12BrN/c15-14-9-5-4-6-12(14)10-11-16-13-7-2-1-3-8-13/h1-11,16H. The molecule has 0 saturated heterocycles. The maximum absolute atomic E-state index is 3.50. The molecule has 0 atom stereocenters. The van der Waals surface area contributed by atoms with Crippen LogP contribution in [0, 0.1) is 0 Å². The summed E-state index contributed by atoms with van der Waals surface area (Å²) in [5, 5.41) is 3.22. The number of rotatable bonds is 3. The predicted octanol–water partition coefficient (Wildman–Crippen LogP) is 4.53. The zero-order valence-electron chi connectivity index (χ0n) is 8.73. The lowest BCUT2D eigenvalue weighted by Gasteiger charge is -2.00. The van der Waals surface area contributed by atoms with Crippen LogP contribution in [-0.4, -0.2) is 0 Å². The van der Waals surface area contributed by atoms with E-state index in [0.717, 1.165) is 15.7 Å². The second-order valence-electron chi connectivity index (χ2n) is 3.37. The van der Waals surface area contributed by atoms with E-state index in [1.807, 2.05) is 60.8 Å². The molecule has 0 heterocycles. The zero-order valence-corrected chi connectivity index (χ0v) is 10.3. The number of benzene rings is 2. The number of hydrogen-bond acceptors (Lipinski definition) is 1. The lowest BCUT2D eigenvalue weighted by atomic mass is 10.2. The summed E-state index contributed by atoms with van der Waals surface area (Å²) in [7, 11) is 0. The molecule has 0 aliphatic heterocycles. The summed E-state index contributed by atoms with van der Waals surface area (Å²) < 4.78 is 1.10. The van der Waals surface area contributed by atoms with E-state index in [-0.39, 0.29) is 0 Å². The number of nitrogens with one attached hydrogen (secondary N) is 1. The molecule has 0 aliphatic rings. The highest BCUT2D eigenvalue weighted by atomic mass is 79.9. The Morgan fingerprint density at radius 1 is 0.875 bits per heavy atom. The summed E-state index contributed by atoms with van der Waals surface area (Å²) in [6.07, 6.45) is 3.98. The van der Waals surface area contributed by atoms with Gasteiger partial charge in [-0.3, -0.25) is 0 Å². The van der Waals surface area contributed by atoms with Crippen molar-refractivity contribution in [3.8, 4) is 0 Å². The van der Waals surface area contributed by atoms with Crippen LogP contribution in [0.3, 0.4) is 0 Å². The fourth-order valence-corrected chi connectivity index (χ4v) is 1.79. The molecule has 0 aromatic heterocycles. The predicted molar refractivity (Wildman–Crippen MR) is 73.2 cm³/mol. The van der Waals surface area contributed by atoms with E-state index in [2.05, 4.69) is 27.3 Å². The van der Waals surface area contributed by atoms with E-state index < -0.39 is 0 Å². The van der Waals surface area contributed by atoms with Crippen LogP contribution in [0.15, 0.2) is 65.3 Å². The van der Waals surface area contributed by atoms with E-state index in [4.69, 9.17) is 0 Å². The molecule has 0 fully saturated rings. The van der Waals surface area contributed by atoms with Crippen LogP contribution in [0.25, 0.3) is 6.08 Å². The molecule has 0 saturated carbocycles.